The van der Waals surface area contributed by atoms with Crippen molar-refractivity contribution in [3.63, 3.8) is 0 Å². The predicted octanol–water partition coefficient (Wildman–Crippen LogP) is 4.21. The van der Waals surface area contributed by atoms with Gasteiger partial charge in [0.25, 0.3) is 5.56 Å². The Morgan fingerprint density at radius 1 is 1.18 bits per heavy atom. The largest absolute Gasteiger partial charge is 0.431 e. The predicted molar refractivity (Wildman–Crippen MR) is 101 cm³/mol. The number of hydrogen-bond donors (Lipinski definition) is 1. The Labute approximate surface area is 172 Å². The zero-order valence-corrected chi connectivity index (χ0v) is 17.0. The lowest BCUT2D eigenvalue weighted by atomic mass is 10.3. The van der Waals surface area contributed by atoms with Gasteiger partial charge in [0.05, 0.1) is 10.7 Å². The van der Waals surface area contributed by atoms with E-state index in [1.807, 2.05) is 6.92 Å². The van der Waals surface area contributed by atoms with Crippen LogP contribution in [0.2, 0.25) is 5.02 Å². The third-order valence-electron chi connectivity index (χ3n) is 3.44. The number of aryl methyl sites for hydroxylation is 1. The molecule has 1 aromatic carbocycles. The number of nitrogens with one attached hydrogen (secondary N) is 1. The monoisotopic (exact) mass is 492 g/mol. The summed E-state index contributed by atoms with van der Waals surface area (Å²) in [5.74, 6) is 0. The average Bonchev–Trinajstić information content (AvgIpc) is 2.59. The first-order valence-corrected chi connectivity index (χ1v) is 9.44. The molecule has 12 heteroatoms. The molecule has 1 N–H and O–H groups in total. The molecule has 0 bridgehead atoms. The Balaban J connectivity index is 2.12. The molecule has 6 nitrogen and oxygen atoms in total. The van der Waals surface area contributed by atoms with Crippen molar-refractivity contribution >= 4 is 39.3 Å². The van der Waals surface area contributed by atoms with Crippen LogP contribution in [0.25, 0.3) is 5.69 Å². The summed E-state index contributed by atoms with van der Waals surface area (Å²) in [6.45, 7) is 1.83. The standard InChI is InChI=1S/C16H9BrClF3N4O2S/c1-7-5-22-14(23-6-7)28-11-3-10(9(18)2-8(11)17)25-13(26)4-12(16(19,20)21)24-15(25)27/h2-6H,1H3,(H,24,27). The lowest BCUT2D eigenvalue weighted by molar-refractivity contribution is -0.141. The molecular weight excluding hydrogens is 485 g/mol. The second kappa shape index (κ2) is 7.72. The minimum Gasteiger partial charge on any atom is -0.303 e. The summed E-state index contributed by atoms with van der Waals surface area (Å²) >= 11 is 10.6. The van der Waals surface area contributed by atoms with Gasteiger partial charge in [-0.15, -0.1) is 0 Å². The fourth-order valence-corrected chi connectivity index (χ4v) is 3.88. The van der Waals surface area contributed by atoms with E-state index in [1.54, 1.807) is 17.4 Å². The van der Waals surface area contributed by atoms with Gasteiger partial charge in [0, 0.05) is 27.8 Å². The summed E-state index contributed by atoms with van der Waals surface area (Å²) in [4.78, 5) is 34.8. The number of aromatic nitrogens is 4. The van der Waals surface area contributed by atoms with Crippen molar-refractivity contribution in [2.45, 2.75) is 23.2 Å². The molecule has 3 aromatic rings. The van der Waals surface area contributed by atoms with Crippen LogP contribution in [-0.2, 0) is 6.18 Å². The Kier molecular flexibility index (Phi) is 5.69. The molecule has 0 aliphatic rings. The van der Waals surface area contributed by atoms with Crippen molar-refractivity contribution in [1.82, 2.24) is 19.5 Å². The van der Waals surface area contributed by atoms with Crippen molar-refractivity contribution < 1.29 is 13.2 Å². The first-order valence-electron chi connectivity index (χ1n) is 7.46. The molecule has 0 amide bonds. The number of nitrogens with zero attached hydrogens (tertiary/aromatic N) is 3. The Morgan fingerprint density at radius 2 is 1.82 bits per heavy atom. The number of rotatable bonds is 3. The summed E-state index contributed by atoms with van der Waals surface area (Å²) < 4.78 is 39.4. The van der Waals surface area contributed by atoms with Gasteiger partial charge in [0.15, 0.2) is 5.16 Å². The van der Waals surface area contributed by atoms with E-state index < -0.39 is 23.1 Å². The highest BCUT2D eigenvalue weighted by Crippen LogP contribution is 2.36. The maximum atomic E-state index is 12.8. The second-order valence-electron chi connectivity index (χ2n) is 5.54. The maximum Gasteiger partial charge on any atom is 0.431 e. The highest BCUT2D eigenvalue weighted by atomic mass is 79.9. The molecule has 0 radical (unpaired) electrons. The van der Waals surface area contributed by atoms with Crippen LogP contribution in [0.4, 0.5) is 13.2 Å². The first-order chi connectivity index (χ1) is 13.1. The molecule has 0 fully saturated rings. The molecular formula is C16H9BrClF3N4O2S. The van der Waals surface area contributed by atoms with E-state index in [4.69, 9.17) is 11.6 Å². The van der Waals surface area contributed by atoms with Gasteiger partial charge >= 0.3 is 11.9 Å². The first kappa shape index (κ1) is 20.6. The molecule has 0 aliphatic carbocycles. The molecule has 28 heavy (non-hydrogen) atoms. The molecule has 2 heterocycles. The number of halogens is 5. The van der Waals surface area contributed by atoms with Crippen LogP contribution in [0.15, 0.2) is 54.7 Å². The maximum absolute atomic E-state index is 12.8. The molecule has 0 saturated carbocycles. The van der Waals surface area contributed by atoms with Crippen molar-refractivity contribution in [2.24, 2.45) is 0 Å². The molecule has 0 unspecified atom stereocenters. The van der Waals surface area contributed by atoms with Crippen LogP contribution in [-0.4, -0.2) is 19.5 Å². The zero-order chi connectivity index (χ0) is 20.6. The molecule has 0 spiro atoms. The third kappa shape index (κ3) is 4.31. The van der Waals surface area contributed by atoms with Gasteiger partial charge in [-0.3, -0.25) is 4.79 Å². The van der Waals surface area contributed by atoms with Crippen molar-refractivity contribution in [3.8, 4) is 5.69 Å². The zero-order valence-electron chi connectivity index (χ0n) is 13.8. The van der Waals surface area contributed by atoms with Crippen LogP contribution in [0, 0.1) is 6.92 Å². The highest BCUT2D eigenvalue weighted by Gasteiger charge is 2.33. The van der Waals surface area contributed by atoms with Crippen LogP contribution < -0.4 is 11.2 Å². The van der Waals surface area contributed by atoms with E-state index in [-0.39, 0.29) is 10.7 Å². The summed E-state index contributed by atoms with van der Waals surface area (Å²) in [5.41, 5.74) is -3.06. The molecule has 0 atom stereocenters. The number of alkyl halides is 3. The lowest BCUT2D eigenvalue weighted by Crippen LogP contribution is -2.36. The molecule has 3 rings (SSSR count). The quantitative estimate of drug-likeness (QED) is 0.553. The summed E-state index contributed by atoms with van der Waals surface area (Å²) in [7, 11) is 0. The van der Waals surface area contributed by atoms with E-state index in [0.29, 0.717) is 25.2 Å². The Bertz CT molecular complexity index is 1130. The number of H-pyrrole nitrogens is 1. The summed E-state index contributed by atoms with van der Waals surface area (Å²) in [6, 6.07) is 3.12. The fraction of sp³-hybridized carbons (Fsp3) is 0.125. The Hall–Kier alpha value is -2.11. The van der Waals surface area contributed by atoms with Crippen molar-refractivity contribution in [2.75, 3.05) is 0 Å². The summed E-state index contributed by atoms with van der Waals surface area (Å²) in [6.07, 6.45) is -1.62. The van der Waals surface area contributed by atoms with Crippen LogP contribution >= 0.6 is 39.3 Å². The smallest absolute Gasteiger partial charge is 0.303 e. The van der Waals surface area contributed by atoms with Gasteiger partial charge in [-0.1, -0.05) is 11.6 Å². The molecule has 0 aliphatic heterocycles. The van der Waals surface area contributed by atoms with Gasteiger partial charge in [-0.2, -0.15) is 13.2 Å². The summed E-state index contributed by atoms with van der Waals surface area (Å²) in [5, 5.41) is 0.390. The van der Waals surface area contributed by atoms with E-state index in [2.05, 4.69) is 25.9 Å². The fourth-order valence-electron chi connectivity index (χ4n) is 2.18. The van der Waals surface area contributed by atoms with Gasteiger partial charge in [0.2, 0.25) is 0 Å². The number of hydrogen-bond acceptors (Lipinski definition) is 5. The van der Waals surface area contributed by atoms with Gasteiger partial charge in [0.1, 0.15) is 5.69 Å². The van der Waals surface area contributed by atoms with Crippen LogP contribution in [0.3, 0.4) is 0 Å². The van der Waals surface area contributed by atoms with E-state index in [1.165, 1.54) is 12.1 Å². The van der Waals surface area contributed by atoms with Crippen LogP contribution in [0.1, 0.15) is 11.3 Å². The topological polar surface area (TPSA) is 80.6 Å². The minimum absolute atomic E-state index is 0.00610. The van der Waals surface area contributed by atoms with E-state index >= 15 is 0 Å². The Morgan fingerprint density at radius 3 is 2.39 bits per heavy atom. The second-order valence-corrected chi connectivity index (χ2v) is 7.81. The van der Waals surface area contributed by atoms with Crippen molar-refractivity contribution in [3.05, 3.63) is 72.2 Å². The average molecular weight is 494 g/mol. The van der Waals surface area contributed by atoms with Crippen molar-refractivity contribution in [1.29, 1.82) is 0 Å². The highest BCUT2D eigenvalue weighted by molar-refractivity contribution is 9.10. The molecule has 2 aromatic heterocycles. The third-order valence-corrected chi connectivity index (χ3v) is 5.61. The SMILES string of the molecule is Cc1cnc(Sc2cc(-n3c(=O)cc(C(F)(F)F)[nH]c3=O)c(Cl)cc2Br)nc1. The van der Waals surface area contributed by atoms with Gasteiger partial charge < -0.3 is 4.98 Å². The molecule has 146 valence electrons. The molecule has 0 saturated heterocycles. The number of benzene rings is 1. The van der Waals surface area contributed by atoms with Gasteiger partial charge in [-0.25, -0.2) is 19.3 Å². The lowest BCUT2D eigenvalue weighted by Gasteiger charge is -2.12. The number of aromatic amines is 1. The van der Waals surface area contributed by atoms with Crippen LogP contribution in [0.5, 0.6) is 0 Å². The van der Waals surface area contributed by atoms with E-state index in [0.717, 1.165) is 17.3 Å². The normalized spacial score (nSPS) is 11.6. The van der Waals surface area contributed by atoms with E-state index in [9.17, 15) is 22.8 Å². The minimum atomic E-state index is -4.86. The van der Waals surface area contributed by atoms with Gasteiger partial charge in [-0.05, 0) is 52.3 Å².